The Morgan fingerprint density at radius 1 is 1.14 bits per heavy atom. The Labute approximate surface area is 123 Å². The molecule has 0 saturated heterocycles. The summed E-state index contributed by atoms with van der Waals surface area (Å²) in [6.07, 6.45) is 2.38. The molecule has 0 bridgehead atoms. The Morgan fingerprint density at radius 2 is 1.90 bits per heavy atom. The van der Waals surface area contributed by atoms with E-state index in [9.17, 15) is 4.79 Å². The van der Waals surface area contributed by atoms with Gasteiger partial charge in [-0.15, -0.1) is 0 Å². The number of nitrogens with two attached hydrogens (primary N) is 1. The fraction of sp³-hybridized carbons (Fsp3) is 0.312. The molecule has 0 aliphatic heterocycles. The average Bonchev–Trinajstić information content (AvgIpc) is 2.48. The lowest BCUT2D eigenvalue weighted by atomic mass is 10.3. The van der Waals surface area contributed by atoms with Crippen molar-refractivity contribution in [2.24, 2.45) is 0 Å². The summed E-state index contributed by atoms with van der Waals surface area (Å²) in [5, 5.41) is 0. The predicted molar refractivity (Wildman–Crippen MR) is 82.8 cm³/mol. The fourth-order valence-electron chi connectivity index (χ4n) is 1.97. The molecule has 1 aromatic carbocycles. The molecule has 5 nitrogen and oxygen atoms in total. The number of pyridine rings is 1. The van der Waals surface area contributed by atoms with E-state index in [-0.39, 0.29) is 5.56 Å². The van der Waals surface area contributed by atoms with Crippen LogP contribution in [0.4, 0.5) is 5.69 Å². The number of aryl methyl sites for hydroxylation is 1. The van der Waals surface area contributed by atoms with Crippen molar-refractivity contribution >= 4 is 5.69 Å². The number of nitrogen functional groups attached to an aromatic ring is 1. The first-order valence-corrected chi connectivity index (χ1v) is 7.00. The maximum absolute atomic E-state index is 11.6. The number of benzene rings is 1. The van der Waals surface area contributed by atoms with E-state index in [1.165, 1.54) is 6.07 Å². The molecule has 2 N–H and O–H groups in total. The first-order valence-electron chi connectivity index (χ1n) is 7.00. The lowest BCUT2D eigenvalue weighted by molar-refractivity contribution is 0.295. The van der Waals surface area contributed by atoms with Gasteiger partial charge in [0.15, 0.2) is 0 Å². The Balaban J connectivity index is 1.83. The molecule has 0 aliphatic rings. The van der Waals surface area contributed by atoms with Crippen LogP contribution >= 0.6 is 0 Å². The molecule has 0 unspecified atom stereocenters. The Hall–Kier alpha value is -2.43. The van der Waals surface area contributed by atoms with Crippen LogP contribution in [0.15, 0.2) is 47.4 Å². The summed E-state index contributed by atoms with van der Waals surface area (Å²) in [7, 11) is 0. The quantitative estimate of drug-likeness (QED) is 0.794. The van der Waals surface area contributed by atoms with Crippen molar-refractivity contribution < 1.29 is 9.47 Å². The van der Waals surface area contributed by atoms with Crippen LogP contribution in [0.2, 0.25) is 0 Å². The van der Waals surface area contributed by atoms with E-state index in [4.69, 9.17) is 15.2 Å². The number of hydrogen-bond acceptors (Lipinski definition) is 4. The monoisotopic (exact) mass is 288 g/mol. The highest BCUT2D eigenvalue weighted by Crippen LogP contribution is 2.19. The zero-order valence-corrected chi connectivity index (χ0v) is 12.1. The van der Waals surface area contributed by atoms with Crippen LogP contribution in [0.25, 0.3) is 0 Å². The highest BCUT2D eigenvalue weighted by molar-refractivity contribution is 5.33. The maximum atomic E-state index is 11.6. The zero-order chi connectivity index (χ0) is 15.1. The van der Waals surface area contributed by atoms with Gasteiger partial charge in [-0.3, -0.25) is 4.79 Å². The number of aromatic nitrogens is 1. The smallest absolute Gasteiger partial charge is 0.250 e. The zero-order valence-electron chi connectivity index (χ0n) is 12.1. The van der Waals surface area contributed by atoms with E-state index in [0.717, 1.165) is 17.9 Å². The van der Waals surface area contributed by atoms with Gasteiger partial charge in [0.25, 0.3) is 5.56 Å². The SMILES string of the molecule is CCOc1cccc(OCCCn2cc(N)ccc2=O)c1. The third-order valence-electron chi connectivity index (χ3n) is 2.93. The third-order valence-corrected chi connectivity index (χ3v) is 2.93. The molecule has 2 aromatic rings. The van der Waals surface area contributed by atoms with Gasteiger partial charge < -0.3 is 19.8 Å². The Morgan fingerprint density at radius 3 is 2.67 bits per heavy atom. The number of nitrogens with zero attached hydrogens (tertiary/aromatic N) is 1. The van der Waals surface area contributed by atoms with Crippen LogP contribution in [-0.2, 0) is 6.54 Å². The first-order chi connectivity index (χ1) is 10.2. The lowest BCUT2D eigenvalue weighted by Crippen LogP contribution is -2.20. The molecular formula is C16H20N2O3. The predicted octanol–water partition coefficient (Wildman–Crippen LogP) is 2.30. The highest BCUT2D eigenvalue weighted by Gasteiger charge is 1.99. The van der Waals surface area contributed by atoms with Gasteiger partial charge >= 0.3 is 0 Å². The van der Waals surface area contributed by atoms with E-state index >= 15 is 0 Å². The molecule has 0 atom stereocenters. The van der Waals surface area contributed by atoms with Crippen LogP contribution < -0.4 is 20.8 Å². The van der Waals surface area contributed by atoms with Crippen LogP contribution in [0, 0.1) is 0 Å². The van der Waals surface area contributed by atoms with Crippen molar-refractivity contribution in [3.63, 3.8) is 0 Å². The standard InChI is InChI=1S/C16H20N2O3/c1-2-20-14-5-3-6-15(11-14)21-10-4-9-18-12-13(17)7-8-16(18)19/h3,5-8,11-12H,2,4,9-10,17H2,1H3. The number of ether oxygens (including phenoxy) is 2. The van der Waals surface area contributed by atoms with Crippen LogP contribution in [0.3, 0.4) is 0 Å². The van der Waals surface area contributed by atoms with Crippen molar-refractivity contribution in [1.82, 2.24) is 4.57 Å². The van der Waals surface area contributed by atoms with E-state index in [0.29, 0.717) is 25.4 Å². The van der Waals surface area contributed by atoms with Crippen molar-refractivity contribution in [3.8, 4) is 11.5 Å². The Bertz CT molecular complexity index is 637. The van der Waals surface area contributed by atoms with Gasteiger partial charge in [-0.2, -0.15) is 0 Å². The van der Waals surface area contributed by atoms with Gasteiger partial charge in [-0.1, -0.05) is 6.07 Å². The van der Waals surface area contributed by atoms with Gasteiger partial charge in [0.1, 0.15) is 11.5 Å². The molecule has 0 radical (unpaired) electrons. The number of anilines is 1. The first kappa shape index (κ1) is 15.0. The lowest BCUT2D eigenvalue weighted by Gasteiger charge is -2.09. The second-order valence-corrected chi connectivity index (χ2v) is 4.60. The molecule has 1 aromatic heterocycles. The van der Waals surface area contributed by atoms with E-state index in [1.807, 2.05) is 31.2 Å². The van der Waals surface area contributed by atoms with Crippen LogP contribution in [0.5, 0.6) is 11.5 Å². The molecule has 2 rings (SSSR count). The molecule has 112 valence electrons. The average molecular weight is 288 g/mol. The number of hydrogen-bond donors (Lipinski definition) is 1. The van der Waals surface area contributed by atoms with Gasteiger partial charge in [0.05, 0.1) is 13.2 Å². The summed E-state index contributed by atoms with van der Waals surface area (Å²) in [4.78, 5) is 11.6. The minimum atomic E-state index is -0.0532. The molecule has 0 saturated carbocycles. The molecule has 1 heterocycles. The number of rotatable bonds is 7. The van der Waals surface area contributed by atoms with Gasteiger partial charge in [0, 0.05) is 30.6 Å². The molecular weight excluding hydrogens is 268 g/mol. The fourth-order valence-corrected chi connectivity index (χ4v) is 1.97. The van der Waals surface area contributed by atoms with Crippen molar-refractivity contribution in [3.05, 3.63) is 52.9 Å². The van der Waals surface area contributed by atoms with E-state index in [2.05, 4.69) is 0 Å². The second kappa shape index (κ2) is 7.38. The summed E-state index contributed by atoms with van der Waals surface area (Å²) in [6.45, 7) is 3.67. The Kier molecular flexibility index (Phi) is 5.26. The van der Waals surface area contributed by atoms with Crippen molar-refractivity contribution in [2.75, 3.05) is 18.9 Å². The molecule has 5 heteroatoms. The summed E-state index contributed by atoms with van der Waals surface area (Å²) in [6, 6.07) is 10.6. The topological polar surface area (TPSA) is 66.5 Å². The summed E-state index contributed by atoms with van der Waals surface area (Å²) < 4.78 is 12.7. The second-order valence-electron chi connectivity index (χ2n) is 4.60. The summed E-state index contributed by atoms with van der Waals surface area (Å²) in [5.74, 6) is 1.56. The van der Waals surface area contributed by atoms with Crippen molar-refractivity contribution in [2.45, 2.75) is 19.9 Å². The van der Waals surface area contributed by atoms with Crippen LogP contribution in [0.1, 0.15) is 13.3 Å². The van der Waals surface area contributed by atoms with E-state index in [1.54, 1.807) is 16.8 Å². The van der Waals surface area contributed by atoms with E-state index < -0.39 is 0 Å². The minimum absolute atomic E-state index is 0.0532. The molecule has 0 aliphatic carbocycles. The largest absolute Gasteiger partial charge is 0.494 e. The van der Waals surface area contributed by atoms with Crippen molar-refractivity contribution in [1.29, 1.82) is 0 Å². The highest BCUT2D eigenvalue weighted by atomic mass is 16.5. The maximum Gasteiger partial charge on any atom is 0.250 e. The molecule has 0 amide bonds. The summed E-state index contributed by atoms with van der Waals surface area (Å²) in [5.41, 5.74) is 6.19. The van der Waals surface area contributed by atoms with Crippen LogP contribution in [-0.4, -0.2) is 17.8 Å². The summed E-state index contributed by atoms with van der Waals surface area (Å²) >= 11 is 0. The van der Waals surface area contributed by atoms with Gasteiger partial charge in [-0.25, -0.2) is 0 Å². The molecule has 0 spiro atoms. The van der Waals surface area contributed by atoms with Gasteiger partial charge in [-0.05, 0) is 31.5 Å². The van der Waals surface area contributed by atoms with Gasteiger partial charge in [0.2, 0.25) is 0 Å². The normalized spacial score (nSPS) is 10.3. The molecule has 0 fully saturated rings. The third kappa shape index (κ3) is 4.56. The molecule has 21 heavy (non-hydrogen) atoms. The minimum Gasteiger partial charge on any atom is -0.494 e.